The molecule has 0 N–H and O–H groups in total. The van der Waals surface area contributed by atoms with Crippen molar-refractivity contribution in [3.63, 3.8) is 0 Å². The van der Waals surface area contributed by atoms with Crippen LogP contribution in [0.2, 0.25) is 0 Å². The van der Waals surface area contributed by atoms with Crippen LogP contribution in [-0.2, 0) is 22.7 Å². The van der Waals surface area contributed by atoms with Gasteiger partial charge in [-0.25, -0.2) is 12.8 Å². The quantitative estimate of drug-likeness (QED) is 0.437. The summed E-state index contributed by atoms with van der Waals surface area (Å²) in [5.41, 5.74) is 3.71. The van der Waals surface area contributed by atoms with E-state index in [0.29, 0.717) is 36.7 Å². The molecule has 2 atom stereocenters. The van der Waals surface area contributed by atoms with Crippen molar-refractivity contribution in [1.82, 2.24) is 4.90 Å². The summed E-state index contributed by atoms with van der Waals surface area (Å²) in [7, 11) is -2.97. The van der Waals surface area contributed by atoms with E-state index in [0.717, 1.165) is 56.5 Å². The average molecular weight is 486 g/mol. The van der Waals surface area contributed by atoms with Crippen LogP contribution in [0.5, 0.6) is 5.75 Å². The number of hydrogen-bond donors (Lipinski definition) is 0. The Hall–Kier alpha value is -1.92. The second kappa shape index (κ2) is 10.4. The van der Waals surface area contributed by atoms with Gasteiger partial charge in [0.2, 0.25) is 0 Å². The van der Waals surface area contributed by atoms with E-state index in [1.807, 2.05) is 12.1 Å². The molecule has 0 spiro atoms. The lowest BCUT2D eigenvalue weighted by molar-refractivity contribution is 0.188. The third kappa shape index (κ3) is 6.01. The summed E-state index contributed by atoms with van der Waals surface area (Å²) in [6.07, 6.45) is 8.14. The SMILES string of the molecule is O=S(=O)(CCCOc1ccc2c(c1)C(Cc1cccc(F)c1)C(N1CCCC1)CC2)CC1CC1. The number of likely N-dealkylation sites (tertiary alicyclic amines) is 1. The van der Waals surface area contributed by atoms with Gasteiger partial charge in [-0.1, -0.05) is 18.2 Å². The lowest BCUT2D eigenvalue weighted by atomic mass is 9.75. The van der Waals surface area contributed by atoms with Gasteiger partial charge in [0.05, 0.1) is 18.1 Å². The van der Waals surface area contributed by atoms with Crippen molar-refractivity contribution in [2.75, 3.05) is 31.2 Å². The third-order valence-electron chi connectivity index (χ3n) is 7.70. The molecule has 2 aliphatic carbocycles. The Bertz CT molecular complexity index is 1090. The molecular weight excluding hydrogens is 449 g/mol. The topological polar surface area (TPSA) is 46.6 Å². The van der Waals surface area contributed by atoms with Crippen molar-refractivity contribution in [2.24, 2.45) is 5.92 Å². The van der Waals surface area contributed by atoms with E-state index >= 15 is 0 Å². The second-order valence-electron chi connectivity index (χ2n) is 10.4. The summed E-state index contributed by atoms with van der Waals surface area (Å²) >= 11 is 0. The zero-order chi connectivity index (χ0) is 23.5. The van der Waals surface area contributed by atoms with Gasteiger partial charge in [0.1, 0.15) is 11.6 Å². The first-order valence-electron chi connectivity index (χ1n) is 12.9. The van der Waals surface area contributed by atoms with Crippen LogP contribution >= 0.6 is 0 Å². The fraction of sp³-hybridized carbons (Fsp3) is 0.571. The maximum absolute atomic E-state index is 13.9. The zero-order valence-corrected chi connectivity index (χ0v) is 20.7. The maximum atomic E-state index is 13.9. The maximum Gasteiger partial charge on any atom is 0.150 e. The van der Waals surface area contributed by atoms with Gasteiger partial charge in [0.25, 0.3) is 0 Å². The molecule has 0 amide bonds. The van der Waals surface area contributed by atoms with Gasteiger partial charge in [0.15, 0.2) is 9.84 Å². The molecule has 2 aromatic rings. The number of rotatable bonds is 10. The van der Waals surface area contributed by atoms with Gasteiger partial charge in [0, 0.05) is 12.0 Å². The molecular formula is C28H36FNO3S. The highest BCUT2D eigenvalue weighted by atomic mass is 32.2. The minimum atomic E-state index is -2.97. The molecule has 6 heteroatoms. The van der Waals surface area contributed by atoms with Crippen LogP contribution in [0.15, 0.2) is 42.5 Å². The van der Waals surface area contributed by atoms with Crippen molar-refractivity contribution in [1.29, 1.82) is 0 Å². The number of sulfone groups is 1. The number of halogens is 1. The van der Waals surface area contributed by atoms with E-state index in [-0.39, 0.29) is 11.6 Å². The first kappa shape index (κ1) is 23.8. The summed E-state index contributed by atoms with van der Waals surface area (Å²) in [6, 6.07) is 13.8. The first-order chi connectivity index (χ1) is 16.5. The molecule has 34 heavy (non-hydrogen) atoms. The standard InChI is InChI=1S/C28H36FNO3S/c29-24-6-3-5-22(17-24)18-27-26-19-25(33-15-4-16-34(31,32)20-21-7-8-21)11-9-23(26)10-12-28(27)30-13-1-2-14-30/h3,5-6,9,11,17,19,21,27-28H,1-2,4,7-8,10,12-16,18,20H2. The van der Waals surface area contributed by atoms with E-state index in [2.05, 4.69) is 17.0 Å². The molecule has 1 saturated carbocycles. The van der Waals surface area contributed by atoms with Crippen LogP contribution in [0.4, 0.5) is 4.39 Å². The number of fused-ring (bicyclic) bond motifs is 1. The van der Waals surface area contributed by atoms with Crippen LogP contribution in [0.1, 0.15) is 61.1 Å². The second-order valence-corrected chi connectivity index (χ2v) is 12.6. The van der Waals surface area contributed by atoms with E-state index in [1.54, 1.807) is 12.1 Å². The van der Waals surface area contributed by atoms with Crippen molar-refractivity contribution in [3.8, 4) is 5.75 Å². The van der Waals surface area contributed by atoms with Crippen LogP contribution in [0.25, 0.3) is 0 Å². The highest BCUT2D eigenvalue weighted by molar-refractivity contribution is 7.91. The van der Waals surface area contributed by atoms with Gasteiger partial charge in [-0.05, 0) is 111 Å². The molecule has 184 valence electrons. The van der Waals surface area contributed by atoms with Crippen LogP contribution in [0, 0.1) is 11.7 Å². The van der Waals surface area contributed by atoms with E-state index in [9.17, 15) is 12.8 Å². The summed E-state index contributed by atoms with van der Waals surface area (Å²) in [6.45, 7) is 2.70. The van der Waals surface area contributed by atoms with Crippen LogP contribution in [0.3, 0.4) is 0 Å². The Morgan fingerprint density at radius 3 is 2.62 bits per heavy atom. The number of benzene rings is 2. The van der Waals surface area contributed by atoms with Crippen molar-refractivity contribution < 1.29 is 17.5 Å². The summed E-state index contributed by atoms with van der Waals surface area (Å²) in [4.78, 5) is 2.63. The highest BCUT2D eigenvalue weighted by Crippen LogP contribution is 2.40. The average Bonchev–Trinajstić information content (AvgIpc) is 3.44. The molecule has 0 bridgehead atoms. The minimum absolute atomic E-state index is 0.181. The van der Waals surface area contributed by atoms with Crippen LogP contribution in [-0.4, -0.2) is 50.6 Å². The van der Waals surface area contributed by atoms with Crippen LogP contribution < -0.4 is 4.74 Å². The fourth-order valence-corrected chi connectivity index (χ4v) is 7.59. The monoisotopic (exact) mass is 485 g/mol. The van der Waals surface area contributed by atoms with Gasteiger partial charge in [-0.3, -0.25) is 4.90 Å². The Morgan fingerprint density at radius 2 is 1.85 bits per heavy atom. The van der Waals surface area contributed by atoms with Crippen molar-refractivity contribution in [3.05, 3.63) is 65.0 Å². The Morgan fingerprint density at radius 1 is 1.03 bits per heavy atom. The Kier molecular flexibility index (Phi) is 7.26. The number of ether oxygens (including phenoxy) is 1. The van der Waals surface area contributed by atoms with Crippen molar-refractivity contribution in [2.45, 2.75) is 63.3 Å². The first-order valence-corrected chi connectivity index (χ1v) is 14.7. The molecule has 0 aromatic heterocycles. The molecule has 0 radical (unpaired) electrons. The van der Waals surface area contributed by atoms with Gasteiger partial charge in [-0.15, -0.1) is 0 Å². The normalized spacial score (nSPS) is 23.1. The zero-order valence-electron chi connectivity index (χ0n) is 19.9. The minimum Gasteiger partial charge on any atom is -0.494 e. The van der Waals surface area contributed by atoms with E-state index < -0.39 is 9.84 Å². The Balaban J connectivity index is 1.30. The largest absolute Gasteiger partial charge is 0.494 e. The molecule has 5 rings (SSSR count). The third-order valence-corrected chi connectivity index (χ3v) is 9.59. The summed E-state index contributed by atoms with van der Waals surface area (Å²) < 4.78 is 44.4. The molecule has 1 heterocycles. The summed E-state index contributed by atoms with van der Waals surface area (Å²) in [5.74, 6) is 1.86. The molecule has 1 aliphatic heterocycles. The molecule has 3 aliphatic rings. The van der Waals surface area contributed by atoms with E-state index in [1.165, 1.54) is 30.0 Å². The molecule has 2 unspecified atom stereocenters. The number of aryl methyl sites for hydroxylation is 1. The Labute approximate surface area is 203 Å². The smallest absolute Gasteiger partial charge is 0.150 e. The van der Waals surface area contributed by atoms with E-state index in [4.69, 9.17) is 4.74 Å². The molecule has 2 fully saturated rings. The molecule has 1 saturated heterocycles. The van der Waals surface area contributed by atoms with Crippen molar-refractivity contribution >= 4 is 9.84 Å². The van der Waals surface area contributed by atoms with Gasteiger partial charge >= 0.3 is 0 Å². The van der Waals surface area contributed by atoms with Gasteiger partial charge < -0.3 is 4.74 Å². The number of nitrogens with zero attached hydrogens (tertiary/aromatic N) is 1. The lowest BCUT2D eigenvalue weighted by Crippen LogP contribution is -2.41. The molecule has 2 aromatic carbocycles. The molecule has 4 nitrogen and oxygen atoms in total. The number of hydrogen-bond acceptors (Lipinski definition) is 4. The lowest BCUT2D eigenvalue weighted by Gasteiger charge is -2.39. The predicted molar refractivity (Wildman–Crippen MR) is 134 cm³/mol. The predicted octanol–water partition coefficient (Wildman–Crippen LogP) is 5.16. The van der Waals surface area contributed by atoms with Gasteiger partial charge in [-0.2, -0.15) is 0 Å². The fourth-order valence-electron chi connectivity index (χ4n) is 5.82. The highest BCUT2D eigenvalue weighted by Gasteiger charge is 2.35. The summed E-state index contributed by atoms with van der Waals surface area (Å²) in [5, 5.41) is 0.